The molecule has 0 spiro atoms. The van der Waals surface area contributed by atoms with Gasteiger partial charge in [-0.3, -0.25) is 0 Å². The van der Waals surface area contributed by atoms with Gasteiger partial charge in [-0.05, 0) is 33.6 Å². The van der Waals surface area contributed by atoms with E-state index in [0.717, 1.165) is 12.8 Å². The predicted molar refractivity (Wildman–Crippen MR) is 72.9 cm³/mol. The van der Waals surface area contributed by atoms with Gasteiger partial charge in [0.15, 0.2) is 0 Å². The third-order valence-corrected chi connectivity index (χ3v) is 4.78. The Morgan fingerprint density at radius 2 is 2.06 bits per heavy atom. The highest BCUT2D eigenvalue weighted by molar-refractivity contribution is 7.87. The molecule has 1 heterocycles. The zero-order chi connectivity index (χ0) is 13.3. The van der Waals surface area contributed by atoms with Crippen LogP contribution in [0.15, 0.2) is 0 Å². The van der Waals surface area contributed by atoms with Crippen molar-refractivity contribution in [2.75, 3.05) is 13.1 Å². The molecule has 17 heavy (non-hydrogen) atoms. The van der Waals surface area contributed by atoms with Gasteiger partial charge in [0.05, 0.1) is 4.99 Å². The monoisotopic (exact) mass is 279 g/mol. The van der Waals surface area contributed by atoms with Gasteiger partial charge < -0.3 is 5.73 Å². The Morgan fingerprint density at radius 1 is 1.47 bits per heavy atom. The van der Waals surface area contributed by atoms with Crippen LogP contribution in [0.1, 0.15) is 33.6 Å². The third kappa shape index (κ3) is 4.50. The fourth-order valence-corrected chi connectivity index (χ4v) is 3.69. The predicted octanol–water partition coefficient (Wildman–Crippen LogP) is 0.617. The van der Waals surface area contributed by atoms with Gasteiger partial charge in [-0.2, -0.15) is 17.4 Å². The summed E-state index contributed by atoms with van der Waals surface area (Å²) in [6.07, 6.45) is 1.67. The van der Waals surface area contributed by atoms with E-state index in [4.69, 9.17) is 18.0 Å². The Morgan fingerprint density at radius 3 is 2.53 bits per heavy atom. The number of nitrogens with zero attached hydrogens (tertiary/aromatic N) is 1. The molecular weight excluding hydrogens is 258 g/mol. The molecule has 1 rings (SSSR count). The number of nitrogens with one attached hydrogen (secondary N) is 1. The number of piperidine rings is 1. The van der Waals surface area contributed by atoms with E-state index in [0.29, 0.717) is 18.1 Å². The molecule has 1 unspecified atom stereocenters. The second-order valence-corrected chi connectivity index (χ2v) is 7.60. The molecule has 0 bridgehead atoms. The molecule has 0 amide bonds. The molecule has 0 aromatic carbocycles. The van der Waals surface area contributed by atoms with Crippen molar-refractivity contribution in [1.82, 2.24) is 9.03 Å². The van der Waals surface area contributed by atoms with Crippen molar-refractivity contribution in [3.05, 3.63) is 0 Å². The van der Waals surface area contributed by atoms with E-state index < -0.39 is 15.7 Å². The summed E-state index contributed by atoms with van der Waals surface area (Å²) in [4.78, 5) is 0.403. The van der Waals surface area contributed by atoms with E-state index in [1.54, 1.807) is 0 Å². The van der Waals surface area contributed by atoms with Crippen LogP contribution in [0.25, 0.3) is 0 Å². The Labute approximate surface area is 109 Å². The van der Waals surface area contributed by atoms with Crippen LogP contribution >= 0.6 is 12.2 Å². The second-order valence-electron chi connectivity index (χ2n) is 5.46. The summed E-state index contributed by atoms with van der Waals surface area (Å²) in [7, 11) is -3.44. The highest BCUT2D eigenvalue weighted by Gasteiger charge is 2.32. The van der Waals surface area contributed by atoms with Crippen LogP contribution in [-0.2, 0) is 10.2 Å². The molecule has 1 saturated heterocycles. The number of nitrogens with two attached hydrogens (primary N) is 1. The lowest BCUT2D eigenvalue weighted by Crippen LogP contribution is -2.52. The van der Waals surface area contributed by atoms with Crippen molar-refractivity contribution in [3.8, 4) is 0 Å². The van der Waals surface area contributed by atoms with Crippen LogP contribution in [0.3, 0.4) is 0 Å². The maximum absolute atomic E-state index is 12.1. The first-order chi connectivity index (χ1) is 7.62. The topological polar surface area (TPSA) is 75.4 Å². The highest BCUT2D eigenvalue weighted by atomic mass is 32.2. The minimum absolute atomic E-state index is 0.00436. The van der Waals surface area contributed by atoms with Crippen LogP contribution < -0.4 is 10.5 Å². The lowest BCUT2D eigenvalue weighted by atomic mass is 10.0. The van der Waals surface area contributed by atoms with Crippen molar-refractivity contribution < 1.29 is 8.42 Å². The number of rotatable bonds is 3. The molecule has 5 nitrogen and oxygen atoms in total. The first-order valence-corrected chi connectivity index (χ1v) is 7.55. The van der Waals surface area contributed by atoms with Gasteiger partial charge in [-0.15, -0.1) is 0 Å². The molecule has 7 heteroatoms. The summed E-state index contributed by atoms with van der Waals surface area (Å²) in [6.45, 7) is 6.38. The average Bonchev–Trinajstić information content (AvgIpc) is 2.14. The first kappa shape index (κ1) is 14.8. The van der Waals surface area contributed by atoms with E-state index in [9.17, 15) is 8.42 Å². The van der Waals surface area contributed by atoms with Crippen LogP contribution in [0.5, 0.6) is 0 Å². The van der Waals surface area contributed by atoms with Crippen LogP contribution in [0.4, 0.5) is 0 Å². The molecule has 0 radical (unpaired) electrons. The van der Waals surface area contributed by atoms with Gasteiger partial charge in [0.2, 0.25) is 0 Å². The molecule has 0 aliphatic carbocycles. The molecule has 0 aromatic rings. The maximum atomic E-state index is 12.1. The molecule has 100 valence electrons. The summed E-state index contributed by atoms with van der Waals surface area (Å²) in [5, 5.41) is 0. The lowest BCUT2D eigenvalue weighted by Gasteiger charge is -2.33. The van der Waals surface area contributed by atoms with Gasteiger partial charge in [-0.1, -0.05) is 12.2 Å². The fraction of sp³-hybridized carbons (Fsp3) is 0.900. The quantitative estimate of drug-likeness (QED) is 0.743. The second kappa shape index (κ2) is 5.17. The van der Waals surface area contributed by atoms with Crippen LogP contribution in [0.2, 0.25) is 0 Å². The molecule has 1 aliphatic rings. The van der Waals surface area contributed by atoms with Crippen LogP contribution in [-0.4, -0.2) is 36.3 Å². The van der Waals surface area contributed by atoms with Crippen LogP contribution in [0, 0.1) is 5.92 Å². The average molecular weight is 279 g/mol. The maximum Gasteiger partial charge on any atom is 0.279 e. The summed E-state index contributed by atoms with van der Waals surface area (Å²) in [6, 6.07) is 0. The van der Waals surface area contributed by atoms with Crippen molar-refractivity contribution in [2.45, 2.75) is 39.2 Å². The standard InChI is InChI=1S/C10H21N3O2S2/c1-10(2,3)12-17(14,15)13-6-4-5-8(7-13)9(11)16/h8,12H,4-7H2,1-3H3,(H2,11,16). The van der Waals surface area contributed by atoms with E-state index in [2.05, 4.69) is 4.72 Å². The number of hydrogen-bond donors (Lipinski definition) is 2. The van der Waals surface area contributed by atoms with Gasteiger partial charge in [0.1, 0.15) is 0 Å². The molecule has 1 aliphatic heterocycles. The molecule has 0 aromatic heterocycles. The zero-order valence-corrected chi connectivity index (χ0v) is 12.2. The fourth-order valence-electron chi connectivity index (χ4n) is 1.84. The third-order valence-electron chi connectivity index (χ3n) is 2.56. The van der Waals surface area contributed by atoms with E-state index >= 15 is 0 Å². The minimum atomic E-state index is -3.44. The summed E-state index contributed by atoms with van der Waals surface area (Å²) >= 11 is 4.94. The Hall–Kier alpha value is -0.240. The Bertz CT molecular complexity index is 387. The lowest BCUT2D eigenvalue weighted by molar-refractivity contribution is 0.303. The molecular formula is C10H21N3O2S2. The first-order valence-electron chi connectivity index (χ1n) is 5.70. The van der Waals surface area contributed by atoms with E-state index in [1.165, 1.54) is 4.31 Å². The van der Waals surface area contributed by atoms with Gasteiger partial charge >= 0.3 is 0 Å². The van der Waals surface area contributed by atoms with Crippen molar-refractivity contribution in [2.24, 2.45) is 11.7 Å². The van der Waals surface area contributed by atoms with Crippen molar-refractivity contribution in [3.63, 3.8) is 0 Å². The molecule has 1 fully saturated rings. The van der Waals surface area contributed by atoms with Crippen molar-refractivity contribution in [1.29, 1.82) is 0 Å². The smallest absolute Gasteiger partial charge is 0.279 e. The highest BCUT2D eigenvalue weighted by Crippen LogP contribution is 2.19. The normalized spacial score (nSPS) is 23.6. The molecule has 0 saturated carbocycles. The van der Waals surface area contributed by atoms with Gasteiger partial charge in [0, 0.05) is 24.5 Å². The van der Waals surface area contributed by atoms with E-state index in [1.807, 2.05) is 20.8 Å². The SMILES string of the molecule is CC(C)(C)NS(=O)(=O)N1CCCC(C(N)=S)C1. The summed E-state index contributed by atoms with van der Waals surface area (Å²) in [5.41, 5.74) is 5.11. The van der Waals surface area contributed by atoms with Gasteiger partial charge in [0.25, 0.3) is 10.2 Å². The zero-order valence-electron chi connectivity index (χ0n) is 10.6. The Kier molecular flexibility index (Phi) is 4.51. The molecule has 3 N–H and O–H groups in total. The minimum Gasteiger partial charge on any atom is -0.393 e. The Balaban J connectivity index is 2.75. The van der Waals surface area contributed by atoms with Crippen molar-refractivity contribution >= 4 is 27.4 Å². The largest absolute Gasteiger partial charge is 0.393 e. The van der Waals surface area contributed by atoms with E-state index in [-0.39, 0.29) is 5.92 Å². The van der Waals surface area contributed by atoms with Gasteiger partial charge in [-0.25, -0.2) is 0 Å². The molecule has 1 atom stereocenters. The summed E-state index contributed by atoms with van der Waals surface area (Å²) in [5.74, 6) is -0.00436. The summed E-state index contributed by atoms with van der Waals surface area (Å²) < 4.78 is 28.3. The number of hydrogen-bond acceptors (Lipinski definition) is 3. The number of thiocarbonyl (C=S) groups is 1.